The van der Waals surface area contributed by atoms with Crippen LogP contribution in [-0.2, 0) is 9.84 Å². The summed E-state index contributed by atoms with van der Waals surface area (Å²) in [6, 6.07) is 0. The quantitative estimate of drug-likeness (QED) is 0.788. The molecule has 1 aliphatic heterocycles. The van der Waals surface area contributed by atoms with E-state index in [1.807, 2.05) is 4.90 Å². The van der Waals surface area contributed by atoms with Crippen molar-refractivity contribution in [3.8, 4) is 0 Å². The van der Waals surface area contributed by atoms with Gasteiger partial charge in [0.25, 0.3) is 0 Å². The van der Waals surface area contributed by atoms with Crippen molar-refractivity contribution in [3.63, 3.8) is 0 Å². The average Bonchev–Trinajstić information content (AvgIpc) is 2.70. The van der Waals surface area contributed by atoms with E-state index in [0.717, 1.165) is 5.75 Å². The number of thioether (sulfide) groups is 1. The van der Waals surface area contributed by atoms with E-state index < -0.39 is 15.2 Å². The van der Waals surface area contributed by atoms with Crippen molar-refractivity contribution in [2.45, 2.75) is 19.2 Å². The van der Waals surface area contributed by atoms with E-state index in [0.29, 0.717) is 28.0 Å². The SMILES string of the molecule is CC(=O)c1sc(N2CCSCC2S(C)(=O)=O)nc1C. The fourth-order valence-electron chi connectivity index (χ4n) is 1.99. The third kappa shape index (κ3) is 3.11. The van der Waals surface area contributed by atoms with Crippen molar-refractivity contribution < 1.29 is 13.2 Å². The zero-order valence-electron chi connectivity index (χ0n) is 11.0. The first-order valence-corrected chi connectivity index (χ1v) is 9.75. The number of carbonyl (C=O) groups excluding carboxylic acids is 1. The van der Waals surface area contributed by atoms with E-state index in [2.05, 4.69) is 4.98 Å². The smallest absolute Gasteiger partial charge is 0.187 e. The predicted molar refractivity (Wildman–Crippen MR) is 80.2 cm³/mol. The Balaban J connectivity index is 2.38. The molecule has 0 amide bonds. The number of hydrogen-bond acceptors (Lipinski definition) is 7. The van der Waals surface area contributed by atoms with Gasteiger partial charge >= 0.3 is 0 Å². The lowest BCUT2D eigenvalue weighted by Gasteiger charge is -2.33. The molecule has 1 unspecified atom stereocenters. The molecule has 1 fully saturated rings. The Bertz CT molecular complexity index is 594. The topological polar surface area (TPSA) is 67.3 Å². The maximum atomic E-state index is 11.9. The minimum atomic E-state index is -3.16. The van der Waals surface area contributed by atoms with Crippen molar-refractivity contribution in [1.82, 2.24) is 4.98 Å². The molecule has 0 aliphatic carbocycles. The standard InChI is InChI=1S/C11H16N2O3S3/c1-7-10(8(2)14)18-11(12-7)13-4-5-17-6-9(13)19(3,15)16/h9H,4-6H2,1-3H3. The van der Waals surface area contributed by atoms with Gasteiger partial charge in [0.15, 0.2) is 20.8 Å². The molecule has 2 rings (SSSR count). The van der Waals surface area contributed by atoms with Gasteiger partial charge < -0.3 is 4.90 Å². The zero-order chi connectivity index (χ0) is 14.2. The number of sulfone groups is 1. The van der Waals surface area contributed by atoms with Crippen molar-refractivity contribution >= 4 is 43.9 Å². The fraction of sp³-hybridized carbons (Fsp3) is 0.636. The Kier molecular flexibility index (Phi) is 4.22. The number of thiazole rings is 1. The summed E-state index contributed by atoms with van der Waals surface area (Å²) in [4.78, 5) is 18.3. The summed E-state index contributed by atoms with van der Waals surface area (Å²) in [5.41, 5.74) is 0.679. The van der Waals surface area contributed by atoms with Gasteiger partial charge in [-0.15, -0.1) is 0 Å². The number of hydrogen-bond donors (Lipinski definition) is 0. The molecule has 1 aromatic rings. The summed E-state index contributed by atoms with van der Waals surface area (Å²) in [6.45, 7) is 3.93. The first-order valence-electron chi connectivity index (χ1n) is 5.82. The molecule has 0 spiro atoms. The van der Waals surface area contributed by atoms with Gasteiger partial charge in [0.1, 0.15) is 5.37 Å². The van der Waals surface area contributed by atoms with E-state index in [1.54, 1.807) is 18.7 Å². The van der Waals surface area contributed by atoms with Gasteiger partial charge in [-0.05, 0) is 6.92 Å². The molecule has 106 valence electrons. The molecule has 0 bridgehead atoms. The number of Topliss-reactive ketones (excluding diaryl/α,β-unsaturated/α-hetero) is 1. The van der Waals surface area contributed by atoms with Crippen LogP contribution in [0.15, 0.2) is 0 Å². The second kappa shape index (κ2) is 5.41. The number of rotatable bonds is 3. The molecule has 1 aliphatic rings. The van der Waals surface area contributed by atoms with Gasteiger partial charge in [0.2, 0.25) is 0 Å². The van der Waals surface area contributed by atoms with Crippen LogP contribution in [0.4, 0.5) is 5.13 Å². The summed E-state index contributed by atoms with van der Waals surface area (Å²) in [5, 5.41) is 0.0926. The first-order chi connectivity index (χ1) is 8.80. The number of aryl methyl sites for hydroxylation is 1. The molecule has 2 heterocycles. The van der Waals surface area contributed by atoms with Gasteiger partial charge in [-0.1, -0.05) is 11.3 Å². The highest BCUT2D eigenvalue weighted by Crippen LogP contribution is 2.32. The normalized spacial score (nSPS) is 20.6. The maximum Gasteiger partial charge on any atom is 0.187 e. The Labute approximate surface area is 121 Å². The average molecular weight is 320 g/mol. The molecule has 0 radical (unpaired) electrons. The highest BCUT2D eigenvalue weighted by molar-refractivity contribution is 8.01. The number of aromatic nitrogens is 1. The third-order valence-corrected chi connectivity index (χ3v) is 6.87. The van der Waals surface area contributed by atoms with E-state index in [1.165, 1.54) is 24.5 Å². The highest BCUT2D eigenvalue weighted by atomic mass is 32.2. The Morgan fingerprint density at radius 1 is 1.47 bits per heavy atom. The summed E-state index contributed by atoms with van der Waals surface area (Å²) in [6.07, 6.45) is 1.25. The lowest BCUT2D eigenvalue weighted by Crippen LogP contribution is -2.47. The number of carbonyl (C=O) groups is 1. The van der Waals surface area contributed by atoms with Crippen LogP contribution in [0.3, 0.4) is 0 Å². The minimum Gasteiger partial charge on any atom is -0.329 e. The predicted octanol–water partition coefficient (Wildman–Crippen LogP) is 1.58. The van der Waals surface area contributed by atoms with Crippen LogP contribution < -0.4 is 4.90 Å². The van der Waals surface area contributed by atoms with Crippen LogP contribution in [0.1, 0.15) is 22.3 Å². The minimum absolute atomic E-state index is 0.0245. The molecule has 1 aromatic heterocycles. The van der Waals surface area contributed by atoms with Gasteiger partial charge in [0.05, 0.1) is 10.6 Å². The van der Waals surface area contributed by atoms with E-state index >= 15 is 0 Å². The molecule has 0 N–H and O–H groups in total. The van der Waals surface area contributed by atoms with Crippen LogP contribution in [-0.4, -0.2) is 48.9 Å². The molecule has 8 heteroatoms. The second-order valence-electron chi connectivity index (χ2n) is 4.52. The van der Waals surface area contributed by atoms with Crippen LogP contribution >= 0.6 is 23.1 Å². The van der Waals surface area contributed by atoms with Crippen LogP contribution in [0.5, 0.6) is 0 Å². The van der Waals surface area contributed by atoms with Crippen molar-refractivity contribution in [2.24, 2.45) is 0 Å². The Morgan fingerprint density at radius 3 is 2.68 bits per heavy atom. The molecule has 1 atom stereocenters. The van der Waals surface area contributed by atoms with E-state index in [4.69, 9.17) is 0 Å². The second-order valence-corrected chi connectivity index (χ2v) is 8.85. The molecule has 1 saturated heterocycles. The molecule has 19 heavy (non-hydrogen) atoms. The van der Waals surface area contributed by atoms with Gasteiger partial charge in [-0.25, -0.2) is 13.4 Å². The highest BCUT2D eigenvalue weighted by Gasteiger charge is 2.33. The van der Waals surface area contributed by atoms with Gasteiger partial charge in [-0.2, -0.15) is 11.8 Å². The maximum absolute atomic E-state index is 11.9. The molecular formula is C11H16N2O3S3. The van der Waals surface area contributed by atoms with Gasteiger partial charge in [-0.3, -0.25) is 4.79 Å². The van der Waals surface area contributed by atoms with Crippen LogP contribution in [0, 0.1) is 6.92 Å². The zero-order valence-corrected chi connectivity index (χ0v) is 13.5. The van der Waals surface area contributed by atoms with Crippen molar-refractivity contribution in [1.29, 1.82) is 0 Å². The molecule has 5 nitrogen and oxygen atoms in total. The van der Waals surface area contributed by atoms with Crippen molar-refractivity contribution in [3.05, 3.63) is 10.6 Å². The fourth-order valence-corrected chi connectivity index (χ4v) is 5.91. The largest absolute Gasteiger partial charge is 0.329 e. The van der Waals surface area contributed by atoms with E-state index in [9.17, 15) is 13.2 Å². The number of ketones is 1. The molecular weight excluding hydrogens is 304 g/mol. The summed E-state index contributed by atoms with van der Waals surface area (Å²) < 4.78 is 23.7. The lowest BCUT2D eigenvalue weighted by atomic mass is 10.3. The Hall–Kier alpha value is -0.600. The van der Waals surface area contributed by atoms with Crippen LogP contribution in [0.2, 0.25) is 0 Å². The molecule has 0 aromatic carbocycles. The Morgan fingerprint density at radius 2 is 2.16 bits per heavy atom. The van der Waals surface area contributed by atoms with Gasteiger partial charge in [0, 0.05) is 31.2 Å². The first kappa shape index (κ1) is 14.8. The van der Waals surface area contributed by atoms with Crippen molar-refractivity contribution in [2.75, 3.05) is 29.2 Å². The molecule has 0 saturated carbocycles. The monoisotopic (exact) mass is 320 g/mol. The lowest BCUT2D eigenvalue weighted by molar-refractivity contribution is 0.102. The number of anilines is 1. The summed E-state index contributed by atoms with van der Waals surface area (Å²) in [5.74, 6) is 1.40. The number of nitrogens with zero attached hydrogens (tertiary/aromatic N) is 2. The third-order valence-electron chi connectivity index (χ3n) is 2.93. The summed E-state index contributed by atoms with van der Waals surface area (Å²) >= 11 is 2.92. The summed E-state index contributed by atoms with van der Waals surface area (Å²) in [7, 11) is -3.16. The van der Waals surface area contributed by atoms with Crippen LogP contribution in [0.25, 0.3) is 0 Å². The van der Waals surface area contributed by atoms with E-state index in [-0.39, 0.29) is 5.78 Å².